The smallest absolute Gasteiger partial charge is 0.230 e. The molecule has 0 heterocycles. The monoisotopic (exact) mass is 329 g/mol. The molecule has 0 unspecified atom stereocenters. The van der Waals surface area contributed by atoms with Crippen LogP contribution in [0.3, 0.4) is 0 Å². The van der Waals surface area contributed by atoms with Crippen LogP contribution in [0.5, 0.6) is 0 Å². The van der Waals surface area contributed by atoms with Crippen LogP contribution in [-0.4, -0.2) is 43.5 Å². The van der Waals surface area contributed by atoms with E-state index in [2.05, 4.69) is 21.2 Å². The van der Waals surface area contributed by atoms with Gasteiger partial charge < -0.3 is 11.1 Å². The fourth-order valence-electron chi connectivity index (χ4n) is 2.55. The Bertz CT molecular complexity index is 330. The second-order valence-electron chi connectivity index (χ2n) is 5.73. The molecule has 5 N–H and O–H groups in total. The number of nitrogens with one attached hydrogen (secondary N) is 3. The van der Waals surface area contributed by atoms with Gasteiger partial charge in [-0.2, -0.15) is 11.8 Å². The molecular formula is C15H31N5OS. The van der Waals surface area contributed by atoms with Crippen LogP contribution in [0.1, 0.15) is 44.9 Å². The largest absolute Gasteiger partial charge is 0.369 e. The zero-order chi connectivity index (χ0) is 16.0. The first-order valence-electron chi connectivity index (χ1n) is 8.28. The Balaban J connectivity index is 1.98. The number of nitrogens with zero attached hydrogens (tertiary/aromatic N) is 1. The van der Waals surface area contributed by atoms with E-state index in [1.54, 1.807) is 18.8 Å². The molecule has 0 aromatic heterocycles. The minimum atomic E-state index is 0.148. The zero-order valence-electron chi connectivity index (χ0n) is 13.7. The summed E-state index contributed by atoms with van der Waals surface area (Å²) in [6.07, 6.45) is 9.26. The number of aliphatic imine (C=N–C) groups is 1. The minimum Gasteiger partial charge on any atom is -0.369 e. The van der Waals surface area contributed by atoms with Crippen molar-refractivity contribution >= 4 is 23.6 Å². The predicted molar refractivity (Wildman–Crippen MR) is 94.8 cm³/mol. The Morgan fingerprint density at radius 3 is 2.59 bits per heavy atom. The fraction of sp³-hybridized carbons (Fsp3) is 0.867. The molecule has 1 fully saturated rings. The molecule has 6 nitrogen and oxygen atoms in total. The van der Waals surface area contributed by atoms with E-state index in [0.29, 0.717) is 17.6 Å². The van der Waals surface area contributed by atoms with Crippen molar-refractivity contribution < 1.29 is 4.79 Å². The van der Waals surface area contributed by atoms with Crippen molar-refractivity contribution in [1.82, 2.24) is 16.2 Å². The van der Waals surface area contributed by atoms with Gasteiger partial charge in [0, 0.05) is 25.9 Å². The van der Waals surface area contributed by atoms with E-state index in [-0.39, 0.29) is 5.91 Å². The third kappa shape index (κ3) is 9.89. The summed E-state index contributed by atoms with van der Waals surface area (Å²) in [6, 6.07) is 0. The molecule has 0 saturated heterocycles. The Hall–Kier alpha value is -0.950. The average molecular weight is 330 g/mol. The third-order valence-corrected chi connectivity index (χ3v) is 4.83. The fourth-order valence-corrected chi connectivity index (χ4v) is 3.23. The van der Waals surface area contributed by atoms with Crippen molar-refractivity contribution in [2.75, 3.05) is 31.6 Å². The number of rotatable bonds is 8. The topological polar surface area (TPSA) is 91.5 Å². The number of thioether (sulfide) groups is 1. The first-order valence-corrected chi connectivity index (χ1v) is 9.43. The molecule has 22 heavy (non-hydrogen) atoms. The lowest BCUT2D eigenvalue weighted by atomic mass is 9.91. The molecule has 1 amide bonds. The van der Waals surface area contributed by atoms with E-state index in [1.807, 2.05) is 0 Å². The first kappa shape index (κ1) is 19.1. The van der Waals surface area contributed by atoms with Crippen molar-refractivity contribution in [3.05, 3.63) is 0 Å². The molecule has 0 aromatic rings. The summed E-state index contributed by atoms with van der Waals surface area (Å²) in [5.74, 6) is 2.56. The lowest BCUT2D eigenvalue weighted by molar-refractivity contribution is -0.118. The number of guanidine groups is 1. The van der Waals surface area contributed by atoms with Crippen LogP contribution in [0.2, 0.25) is 0 Å². The van der Waals surface area contributed by atoms with E-state index in [1.165, 1.54) is 44.9 Å². The van der Waals surface area contributed by atoms with Gasteiger partial charge in [-0.3, -0.25) is 15.2 Å². The minimum absolute atomic E-state index is 0.148. The van der Waals surface area contributed by atoms with Gasteiger partial charge >= 0.3 is 0 Å². The molecule has 0 bridgehead atoms. The molecule has 1 aliphatic rings. The van der Waals surface area contributed by atoms with Crippen LogP contribution in [-0.2, 0) is 4.79 Å². The molecule has 0 atom stereocenters. The number of carbonyl (C=O) groups excluding carboxylic acids is 1. The van der Waals surface area contributed by atoms with Gasteiger partial charge in [0.25, 0.3) is 0 Å². The SMILES string of the molecule is CN=C(N)NNCCSCC(=O)NCC1CCCCCCC1. The van der Waals surface area contributed by atoms with E-state index >= 15 is 0 Å². The summed E-state index contributed by atoms with van der Waals surface area (Å²) in [5, 5.41) is 3.08. The molecule has 0 aromatic carbocycles. The van der Waals surface area contributed by atoms with Gasteiger partial charge in [-0.05, 0) is 18.8 Å². The highest BCUT2D eigenvalue weighted by Crippen LogP contribution is 2.21. The second kappa shape index (κ2) is 12.6. The average Bonchev–Trinajstić information content (AvgIpc) is 2.49. The van der Waals surface area contributed by atoms with E-state index < -0.39 is 0 Å². The van der Waals surface area contributed by atoms with Gasteiger partial charge in [-0.25, -0.2) is 5.43 Å². The van der Waals surface area contributed by atoms with Crippen molar-refractivity contribution in [1.29, 1.82) is 0 Å². The maximum atomic E-state index is 11.8. The van der Waals surface area contributed by atoms with Gasteiger partial charge in [0.15, 0.2) is 0 Å². The summed E-state index contributed by atoms with van der Waals surface area (Å²) in [6.45, 7) is 1.58. The van der Waals surface area contributed by atoms with Crippen LogP contribution in [0, 0.1) is 5.92 Å². The van der Waals surface area contributed by atoms with Gasteiger partial charge in [0.2, 0.25) is 11.9 Å². The number of hydrazine groups is 1. The number of nitrogens with two attached hydrogens (primary N) is 1. The van der Waals surface area contributed by atoms with Crippen molar-refractivity contribution in [3.8, 4) is 0 Å². The molecule has 7 heteroatoms. The van der Waals surface area contributed by atoms with Gasteiger partial charge in [0.1, 0.15) is 0 Å². The molecule has 128 valence electrons. The predicted octanol–water partition coefficient (Wildman–Crippen LogP) is 1.24. The van der Waals surface area contributed by atoms with Crippen molar-refractivity contribution in [3.63, 3.8) is 0 Å². The van der Waals surface area contributed by atoms with Gasteiger partial charge in [0.05, 0.1) is 5.75 Å². The normalized spacial score (nSPS) is 17.6. The summed E-state index contributed by atoms with van der Waals surface area (Å²) in [5.41, 5.74) is 11.2. The van der Waals surface area contributed by atoms with Crippen LogP contribution < -0.4 is 21.9 Å². The van der Waals surface area contributed by atoms with Crippen LogP contribution >= 0.6 is 11.8 Å². The van der Waals surface area contributed by atoms with Crippen molar-refractivity contribution in [2.45, 2.75) is 44.9 Å². The highest BCUT2D eigenvalue weighted by molar-refractivity contribution is 7.99. The third-order valence-electron chi connectivity index (χ3n) is 3.87. The van der Waals surface area contributed by atoms with E-state index in [9.17, 15) is 4.79 Å². The molecular weight excluding hydrogens is 298 g/mol. The number of hydrogen-bond acceptors (Lipinski definition) is 4. The molecule has 0 radical (unpaired) electrons. The van der Waals surface area contributed by atoms with E-state index in [0.717, 1.165) is 18.8 Å². The summed E-state index contributed by atoms with van der Waals surface area (Å²) in [4.78, 5) is 15.6. The summed E-state index contributed by atoms with van der Waals surface area (Å²) < 4.78 is 0. The number of carbonyl (C=O) groups is 1. The Labute approximate surface area is 138 Å². The number of hydrogen-bond donors (Lipinski definition) is 4. The van der Waals surface area contributed by atoms with Crippen LogP contribution in [0.15, 0.2) is 4.99 Å². The Kier molecular flexibility index (Phi) is 10.9. The Morgan fingerprint density at radius 1 is 1.23 bits per heavy atom. The molecule has 0 aliphatic heterocycles. The highest BCUT2D eigenvalue weighted by atomic mass is 32.2. The Morgan fingerprint density at radius 2 is 1.91 bits per heavy atom. The quantitative estimate of drug-likeness (QED) is 0.233. The summed E-state index contributed by atoms with van der Waals surface area (Å²) in [7, 11) is 1.62. The van der Waals surface area contributed by atoms with Gasteiger partial charge in [-0.1, -0.05) is 32.1 Å². The first-order chi connectivity index (χ1) is 10.7. The van der Waals surface area contributed by atoms with E-state index in [4.69, 9.17) is 5.73 Å². The lowest BCUT2D eigenvalue weighted by Crippen LogP contribution is -2.43. The maximum Gasteiger partial charge on any atom is 0.230 e. The van der Waals surface area contributed by atoms with Crippen LogP contribution in [0.4, 0.5) is 0 Å². The molecule has 1 aliphatic carbocycles. The summed E-state index contributed by atoms with van der Waals surface area (Å²) >= 11 is 1.62. The lowest BCUT2D eigenvalue weighted by Gasteiger charge is -2.19. The van der Waals surface area contributed by atoms with Crippen LogP contribution in [0.25, 0.3) is 0 Å². The van der Waals surface area contributed by atoms with Crippen molar-refractivity contribution in [2.24, 2.45) is 16.6 Å². The molecule has 1 saturated carbocycles. The van der Waals surface area contributed by atoms with Gasteiger partial charge in [-0.15, -0.1) is 0 Å². The standard InChI is InChI=1S/C15H31N5OS/c1-17-15(16)20-19-9-10-22-12-14(21)18-11-13-7-5-3-2-4-6-8-13/h13,19H,2-12H2,1H3,(H,18,21)(H3,16,17,20). The second-order valence-corrected chi connectivity index (χ2v) is 6.83. The zero-order valence-corrected chi connectivity index (χ0v) is 14.5. The maximum absolute atomic E-state index is 11.8. The molecule has 0 spiro atoms. The number of amides is 1. The molecule has 1 rings (SSSR count). The highest BCUT2D eigenvalue weighted by Gasteiger charge is 2.12.